The topological polar surface area (TPSA) is 17.1 Å². The standard InChI is InChI=1S/C11H5BrCl2OS/c12-8-4-2-1-3-6(8)10(15)7-5-9(13)16-11(7)14/h1-5H. The number of rotatable bonds is 2. The number of carbonyl (C=O) groups is 1. The molecule has 1 nitrogen and oxygen atoms in total. The van der Waals surface area contributed by atoms with E-state index in [9.17, 15) is 4.79 Å². The van der Waals surface area contributed by atoms with Gasteiger partial charge in [0.15, 0.2) is 5.78 Å². The van der Waals surface area contributed by atoms with Crippen LogP contribution in [-0.2, 0) is 0 Å². The summed E-state index contributed by atoms with van der Waals surface area (Å²) in [5.74, 6) is -0.124. The molecule has 0 aliphatic carbocycles. The van der Waals surface area contributed by atoms with Crippen LogP contribution in [0.1, 0.15) is 15.9 Å². The van der Waals surface area contributed by atoms with Crippen molar-refractivity contribution in [2.75, 3.05) is 0 Å². The first-order chi connectivity index (χ1) is 7.59. The van der Waals surface area contributed by atoms with Crippen molar-refractivity contribution < 1.29 is 4.79 Å². The minimum absolute atomic E-state index is 0.124. The quantitative estimate of drug-likeness (QED) is 0.702. The van der Waals surface area contributed by atoms with Gasteiger partial charge in [0, 0.05) is 10.0 Å². The first-order valence-electron chi connectivity index (χ1n) is 4.33. The van der Waals surface area contributed by atoms with Crippen LogP contribution in [0.4, 0.5) is 0 Å². The molecule has 0 saturated carbocycles. The molecule has 2 aromatic rings. The molecule has 0 spiro atoms. The highest BCUT2D eigenvalue weighted by Gasteiger charge is 2.17. The zero-order valence-corrected chi connectivity index (χ0v) is 11.8. The number of thiophene rings is 1. The fourth-order valence-electron chi connectivity index (χ4n) is 1.29. The smallest absolute Gasteiger partial charge is 0.196 e. The summed E-state index contributed by atoms with van der Waals surface area (Å²) in [7, 11) is 0. The van der Waals surface area contributed by atoms with Crippen molar-refractivity contribution in [2.24, 2.45) is 0 Å². The van der Waals surface area contributed by atoms with Crippen LogP contribution in [0.5, 0.6) is 0 Å². The Bertz CT molecular complexity index is 551. The highest BCUT2D eigenvalue weighted by Crippen LogP contribution is 2.33. The molecule has 1 heterocycles. The molecule has 0 aliphatic rings. The number of halogens is 3. The third kappa shape index (κ3) is 2.33. The van der Waals surface area contributed by atoms with E-state index in [1.165, 1.54) is 11.3 Å². The minimum Gasteiger partial charge on any atom is -0.288 e. The van der Waals surface area contributed by atoms with Gasteiger partial charge in [0.05, 0.1) is 9.90 Å². The molecule has 0 fully saturated rings. The fourth-order valence-corrected chi connectivity index (χ4v) is 3.21. The molecule has 2 rings (SSSR count). The summed E-state index contributed by atoms with van der Waals surface area (Å²) in [6.45, 7) is 0. The normalized spacial score (nSPS) is 10.4. The average molecular weight is 336 g/mol. The van der Waals surface area contributed by atoms with Crippen LogP contribution in [0.25, 0.3) is 0 Å². The van der Waals surface area contributed by atoms with Gasteiger partial charge < -0.3 is 0 Å². The predicted octanol–water partition coefficient (Wildman–Crippen LogP) is 5.05. The van der Waals surface area contributed by atoms with Crippen molar-refractivity contribution in [1.82, 2.24) is 0 Å². The summed E-state index contributed by atoms with van der Waals surface area (Å²) in [5, 5.41) is 0. The third-order valence-corrected chi connectivity index (χ3v) is 4.20. The Morgan fingerprint density at radius 1 is 1.19 bits per heavy atom. The summed E-state index contributed by atoms with van der Waals surface area (Å²) in [6.07, 6.45) is 0. The van der Waals surface area contributed by atoms with E-state index in [4.69, 9.17) is 23.2 Å². The lowest BCUT2D eigenvalue weighted by atomic mass is 10.1. The number of benzene rings is 1. The van der Waals surface area contributed by atoms with Gasteiger partial charge in [-0.2, -0.15) is 0 Å². The molecule has 0 aliphatic heterocycles. The first kappa shape index (κ1) is 12.1. The van der Waals surface area contributed by atoms with Crippen LogP contribution in [-0.4, -0.2) is 5.78 Å². The third-order valence-electron chi connectivity index (χ3n) is 2.02. The molecule has 0 atom stereocenters. The van der Waals surface area contributed by atoms with E-state index in [1.807, 2.05) is 12.1 Å². The summed E-state index contributed by atoms with van der Waals surface area (Å²) in [4.78, 5) is 12.1. The zero-order chi connectivity index (χ0) is 11.7. The van der Waals surface area contributed by atoms with E-state index in [0.717, 1.165) is 4.47 Å². The van der Waals surface area contributed by atoms with Gasteiger partial charge in [0.25, 0.3) is 0 Å². The van der Waals surface area contributed by atoms with Crippen LogP contribution in [0.15, 0.2) is 34.8 Å². The minimum atomic E-state index is -0.124. The maximum absolute atomic E-state index is 12.1. The maximum atomic E-state index is 12.1. The molecule has 5 heteroatoms. The summed E-state index contributed by atoms with van der Waals surface area (Å²) >= 11 is 16.3. The van der Waals surface area contributed by atoms with Crippen LogP contribution in [0.3, 0.4) is 0 Å². The van der Waals surface area contributed by atoms with E-state index in [1.54, 1.807) is 18.2 Å². The maximum Gasteiger partial charge on any atom is 0.196 e. The van der Waals surface area contributed by atoms with Crippen molar-refractivity contribution in [2.45, 2.75) is 0 Å². The lowest BCUT2D eigenvalue weighted by Crippen LogP contribution is -2.00. The molecule has 0 radical (unpaired) electrons. The zero-order valence-electron chi connectivity index (χ0n) is 7.84. The lowest BCUT2D eigenvalue weighted by molar-refractivity contribution is 0.103. The molecular formula is C11H5BrCl2OS. The van der Waals surface area contributed by atoms with Gasteiger partial charge in [-0.3, -0.25) is 4.79 Å². The van der Waals surface area contributed by atoms with Crippen molar-refractivity contribution in [3.8, 4) is 0 Å². The summed E-state index contributed by atoms with van der Waals surface area (Å²) in [5.41, 5.74) is 1.03. The number of carbonyl (C=O) groups excluding carboxylic acids is 1. The molecule has 0 amide bonds. The Labute approximate surface area is 115 Å². The second kappa shape index (κ2) is 4.88. The van der Waals surface area contributed by atoms with Crippen molar-refractivity contribution in [1.29, 1.82) is 0 Å². The Hall–Kier alpha value is -0.350. The summed E-state index contributed by atoms with van der Waals surface area (Å²) < 4.78 is 1.68. The van der Waals surface area contributed by atoms with Crippen molar-refractivity contribution >= 4 is 56.3 Å². The van der Waals surface area contributed by atoms with Crippen LogP contribution in [0.2, 0.25) is 8.67 Å². The van der Waals surface area contributed by atoms with Gasteiger partial charge in [-0.1, -0.05) is 51.3 Å². The molecule has 16 heavy (non-hydrogen) atoms. The van der Waals surface area contributed by atoms with Gasteiger partial charge in [-0.15, -0.1) is 11.3 Å². The highest BCUT2D eigenvalue weighted by atomic mass is 79.9. The molecule has 0 saturated heterocycles. The van der Waals surface area contributed by atoms with Crippen LogP contribution < -0.4 is 0 Å². The van der Waals surface area contributed by atoms with E-state index in [-0.39, 0.29) is 5.78 Å². The Morgan fingerprint density at radius 2 is 1.88 bits per heavy atom. The Morgan fingerprint density at radius 3 is 2.44 bits per heavy atom. The molecule has 0 unspecified atom stereocenters. The number of hydrogen-bond donors (Lipinski definition) is 0. The van der Waals surface area contributed by atoms with Gasteiger partial charge in [-0.05, 0) is 18.2 Å². The highest BCUT2D eigenvalue weighted by molar-refractivity contribution is 9.10. The molecule has 1 aromatic carbocycles. The van der Waals surface area contributed by atoms with E-state index < -0.39 is 0 Å². The first-order valence-corrected chi connectivity index (χ1v) is 6.70. The average Bonchev–Trinajstić information content (AvgIpc) is 2.58. The summed E-state index contributed by atoms with van der Waals surface area (Å²) in [6, 6.07) is 8.81. The van der Waals surface area contributed by atoms with E-state index in [2.05, 4.69) is 15.9 Å². The lowest BCUT2D eigenvalue weighted by Gasteiger charge is -2.01. The number of hydrogen-bond acceptors (Lipinski definition) is 2. The van der Waals surface area contributed by atoms with Crippen LogP contribution >= 0.6 is 50.5 Å². The van der Waals surface area contributed by atoms with Gasteiger partial charge in [0.2, 0.25) is 0 Å². The Kier molecular flexibility index (Phi) is 3.70. The largest absolute Gasteiger partial charge is 0.288 e. The molecule has 0 bridgehead atoms. The van der Waals surface area contributed by atoms with Crippen molar-refractivity contribution in [3.63, 3.8) is 0 Å². The molecule has 82 valence electrons. The van der Waals surface area contributed by atoms with Gasteiger partial charge in [0.1, 0.15) is 4.34 Å². The van der Waals surface area contributed by atoms with Gasteiger partial charge >= 0.3 is 0 Å². The second-order valence-corrected chi connectivity index (χ2v) is 6.19. The predicted molar refractivity (Wildman–Crippen MR) is 71.9 cm³/mol. The monoisotopic (exact) mass is 334 g/mol. The molecule has 0 N–H and O–H groups in total. The second-order valence-electron chi connectivity index (χ2n) is 3.05. The van der Waals surface area contributed by atoms with Crippen molar-refractivity contribution in [3.05, 3.63) is 54.6 Å². The molecule has 1 aromatic heterocycles. The SMILES string of the molecule is O=C(c1ccccc1Br)c1cc(Cl)sc1Cl. The van der Waals surface area contributed by atoms with E-state index >= 15 is 0 Å². The van der Waals surface area contributed by atoms with Gasteiger partial charge in [-0.25, -0.2) is 0 Å². The Balaban J connectivity index is 2.47. The van der Waals surface area contributed by atoms with Crippen LogP contribution in [0, 0.1) is 0 Å². The van der Waals surface area contributed by atoms with E-state index in [0.29, 0.717) is 19.8 Å². The molecular weight excluding hydrogens is 331 g/mol. The number of ketones is 1. The fraction of sp³-hybridized carbons (Fsp3) is 0.